The molecule has 1 aromatic carbocycles. The van der Waals surface area contributed by atoms with Gasteiger partial charge in [0.1, 0.15) is 0 Å². The highest BCUT2D eigenvalue weighted by atomic mass is 35.5. The number of carbonyl (C=O) groups is 2. The number of hydrogen-bond acceptors (Lipinski definition) is 3. The highest BCUT2D eigenvalue weighted by molar-refractivity contribution is 6.34. The van der Waals surface area contributed by atoms with Crippen LogP contribution in [0.2, 0.25) is 5.02 Å². The molecule has 1 heterocycles. The maximum atomic E-state index is 12.2. The zero-order chi connectivity index (χ0) is 17.5. The van der Waals surface area contributed by atoms with Crippen molar-refractivity contribution in [2.45, 2.75) is 31.8 Å². The standard InChI is InChI=1S/C17H24ClN3O3/c1-19-16(22)14-11-12(7-8-15(14)18)20-17(23)21(2)9-3-5-13-6-4-10-24-13/h7-8,11,13H,3-6,9-10H2,1-2H3,(H,19,22)(H,20,23)/t13-/m0/s1. The number of nitrogens with one attached hydrogen (secondary N) is 2. The van der Waals surface area contributed by atoms with Crippen molar-refractivity contribution in [1.82, 2.24) is 10.2 Å². The van der Waals surface area contributed by atoms with Gasteiger partial charge in [-0.15, -0.1) is 0 Å². The largest absolute Gasteiger partial charge is 0.378 e. The number of anilines is 1. The van der Waals surface area contributed by atoms with Crippen molar-refractivity contribution in [3.8, 4) is 0 Å². The van der Waals surface area contributed by atoms with E-state index in [2.05, 4.69) is 10.6 Å². The molecule has 6 nitrogen and oxygen atoms in total. The highest BCUT2D eigenvalue weighted by Gasteiger charge is 2.16. The van der Waals surface area contributed by atoms with Gasteiger partial charge in [0, 0.05) is 32.9 Å². The van der Waals surface area contributed by atoms with Crippen LogP contribution in [0, 0.1) is 0 Å². The van der Waals surface area contributed by atoms with Crippen LogP contribution in [-0.2, 0) is 4.74 Å². The average molecular weight is 354 g/mol. The number of ether oxygens (including phenoxy) is 1. The van der Waals surface area contributed by atoms with Crippen LogP contribution in [0.25, 0.3) is 0 Å². The van der Waals surface area contributed by atoms with Gasteiger partial charge in [-0.25, -0.2) is 4.79 Å². The number of nitrogens with zero attached hydrogens (tertiary/aromatic N) is 1. The molecule has 1 atom stereocenters. The molecular formula is C17H24ClN3O3. The minimum atomic E-state index is -0.291. The molecule has 0 spiro atoms. The number of rotatable bonds is 6. The molecule has 2 rings (SSSR count). The Balaban J connectivity index is 1.85. The lowest BCUT2D eigenvalue weighted by Gasteiger charge is -2.19. The normalized spacial score (nSPS) is 16.7. The summed E-state index contributed by atoms with van der Waals surface area (Å²) in [6.07, 6.45) is 4.46. The van der Waals surface area contributed by atoms with Crippen molar-refractivity contribution in [2.75, 3.05) is 32.6 Å². The third kappa shape index (κ3) is 5.11. The molecule has 1 aliphatic rings. The van der Waals surface area contributed by atoms with Gasteiger partial charge in [0.05, 0.1) is 16.7 Å². The SMILES string of the molecule is CNC(=O)c1cc(NC(=O)N(C)CCC[C@H]2CCCO2)ccc1Cl. The zero-order valence-electron chi connectivity index (χ0n) is 14.1. The van der Waals surface area contributed by atoms with Gasteiger partial charge in [0.25, 0.3) is 5.91 Å². The Bertz CT molecular complexity index is 588. The second-order valence-corrected chi connectivity index (χ2v) is 6.31. The first-order valence-corrected chi connectivity index (χ1v) is 8.54. The first-order chi connectivity index (χ1) is 11.5. The van der Waals surface area contributed by atoms with Crippen LogP contribution in [0.3, 0.4) is 0 Å². The average Bonchev–Trinajstić information content (AvgIpc) is 3.09. The number of hydrogen-bond donors (Lipinski definition) is 2. The minimum Gasteiger partial charge on any atom is -0.378 e. The molecule has 3 amide bonds. The lowest BCUT2D eigenvalue weighted by Crippen LogP contribution is -2.32. The quantitative estimate of drug-likeness (QED) is 0.825. The van der Waals surface area contributed by atoms with E-state index in [1.54, 1.807) is 30.1 Å². The van der Waals surface area contributed by atoms with Gasteiger partial charge in [-0.3, -0.25) is 4.79 Å². The summed E-state index contributed by atoms with van der Waals surface area (Å²) in [7, 11) is 3.28. The molecule has 0 unspecified atom stereocenters. The summed E-state index contributed by atoms with van der Waals surface area (Å²) in [6, 6.07) is 4.62. The van der Waals surface area contributed by atoms with Gasteiger partial charge in [-0.05, 0) is 43.9 Å². The maximum absolute atomic E-state index is 12.2. The molecule has 2 N–H and O–H groups in total. The Morgan fingerprint density at radius 2 is 2.21 bits per heavy atom. The Kier molecular flexibility index (Phi) is 6.87. The molecule has 24 heavy (non-hydrogen) atoms. The van der Waals surface area contributed by atoms with Crippen LogP contribution in [0.1, 0.15) is 36.0 Å². The van der Waals surface area contributed by atoms with Crippen LogP contribution in [-0.4, -0.2) is 50.2 Å². The van der Waals surface area contributed by atoms with Gasteiger partial charge in [-0.1, -0.05) is 11.6 Å². The molecule has 1 aromatic rings. The van der Waals surface area contributed by atoms with E-state index < -0.39 is 0 Å². The molecule has 7 heteroatoms. The Hall–Kier alpha value is -1.79. The van der Waals surface area contributed by atoms with Crippen LogP contribution in [0.5, 0.6) is 0 Å². The summed E-state index contributed by atoms with van der Waals surface area (Å²) in [5, 5.41) is 5.65. The van der Waals surface area contributed by atoms with Crippen LogP contribution < -0.4 is 10.6 Å². The van der Waals surface area contributed by atoms with Crippen LogP contribution in [0.15, 0.2) is 18.2 Å². The highest BCUT2D eigenvalue weighted by Crippen LogP contribution is 2.21. The van der Waals surface area contributed by atoms with E-state index in [-0.39, 0.29) is 11.9 Å². The second-order valence-electron chi connectivity index (χ2n) is 5.90. The monoisotopic (exact) mass is 353 g/mol. The van der Waals surface area contributed by atoms with E-state index in [9.17, 15) is 9.59 Å². The van der Waals surface area contributed by atoms with Crippen molar-refractivity contribution in [3.63, 3.8) is 0 Å². The van der Waals surface area contributed by atoms with Gasteiger partial charge in [-0.2, -0.15) is 0 Å². The third-order valence-corrected chi connectivity index (χ3v) is 4.41. The Labute approximate surface area is 147 Å². The molecule has 1 saturated heterocycles. The fraction of sp³-hybridized carbons (Fsp3) is 0.529. The summed E-state index contributed by atoms with van der Waals surface area (Å²) in [5.41, 5.74) is 0.868. The fourth-order valence-corrected chi connectivity index (χ4v) is 2.86. The first kappa shape index (κ1) is 18.5. The number of amides is 3. The topological polar surface area (TPSA) is 70.7 Å². The Morgan fingerprint density at radius 3 is 2.88 bits per heavy atom. The predicted molar refractivity (Wildman–Crippen MR) is 94.7 cm³/mol. The molecule has 0 aliphatic carbocycles. The van der Waals surface area contributed by atoms with E-state index >= 15 is 0 Å². The van der Waals surface area contributed by atoms with Crippen molar-refractivity contribution >= 4 is 29.2 Å². The summed E-state index contributed by atoms with van der Waals surface area (Å²) >= 11 is 6.00. The number of halogens is 1. The molecule has 1 aliphatic heterocycles. The zero-order valence-corrected chi connectivity index (χ0v) is 14.9. The molecule has 1 fully saturated rings. The van der Waals surface area contributed by atoms with Crippen molar-refractivity contribution in [3.05, 3.63) is 28.8 Å². The van der Waals surface area contributed by atoms with Crippen molar-refractivity contribution < 1.29 is 14.3 Å². The Morgan fingerprint density at radius 1 is 1.42 bits per heavy atom. The van der Waals surface area contributed by atoms with E-state index in [0.717, 1.165) is 32.3 Å². The number of benzene rings is 1. The lowest BCUT2D eigenvalue weighted by molar-refractivity contribution is 0.0963. The summed E-state index contributed by atoms with van der Waals surface area (Å²) in [4.78, 5) is 25.6. The molecule has 0 aromatic heterocycles. The molecule has 0 saturated carbocycles. The summed E-state index contributed by atoms with van der Waals surface area (Å²) in [6.45, 7) is 1.51. The number of urea groups is 1. The lowest BCUT2D eigenvalue weighted by atomic mass is 10.1. The van der Waals surface area contributed by atoms with Gasteiger partial charge < -0.3 is 20.3 Å². The predicted octanol–water partition coefficient (Wildman–Crippen LogP) is 3.12. The third-order valence-electron chi connectivity index (χ3n) is 4.08. The smallest absolute Gasteiger partial charge is 0.321 e. The second kappa shape index (κ2) is 8.89. The minimum absolute atomic E-state index is 0.215. The van der Waals surface area contributed by atoms with Crippen molar-refractivity contribution in [2.24, 2.45) is 0 Å². The number of carbonyl (C=O) groups excluding carboxylic acids is 2. The molecular weight excluding hydrogens is 330 g/mol. The maximum Gasteiger partial charge on any atom is 0.321 e. The van der Waals surface area contributed by atoms with E-state index in [0.29, 0.717) is 28.9 Å². The van der Waals surface area contributed by atoms with E-state index in [4.69, 9.17) is 16.3 Å². The van der Waals surface area contributed by atoms with Crippen LogP contribution >= 0.6 is 11.6 Å². The molecule has 0 radical (unpaired) electrons. The molecule has 0 bridgehead atoms. The van der Waals surface area contributed by atoms with E-state index in [1.807, 2.05) is 0 Å². The molecule has 132 valence electrons. The fourth-order valence-electron chi connectivity index (χ4n) is 2.66. The van der Waals surface area contributed by atoms with E-state index in [1.165, 1.54) is 7.05 Å². The first-order valence-electron chi connectivity index (χ1n) is 8.16. The van der Waals surface area contributed by atoms with Gasteiger partial charge in [0.15, 0.2) is 0 Å². The van der Waals surface area contributed by atoms with Gasteiger partial charge in [0.2, 0.25) is 0 Å². The van der Waals surface area contributed by atoms with Crippen LogP contribution in [0.4, 0.5) is 10.5 Å². The summed E-state index contributed by atoms with van der Waals surface area (Å²) in [5.74, 6) is -0.291. The van der Waals surface area contributed by atoms with Crippen molar-refractivity contribution in [1.29, 1.82) is 0 Å². The summed E-state index contributed by atoms with van der Waals surface area (Å²) < 4.78 is 5.58. The van der Waals surface area contributed by atoms with Gasteiger partial charge >= 0.3 is 6.03 Å².